The number of carbonyl (C=O) groups is 1. The summed E-state index contributed by atoms with van der Waals surface area (Å²) in [6, 6.07) is 5.82. The molecule has 1 aliphatic heterocycles. The van der Waals surface area contributed by atoms with Crippen LogP contribution in [-0.4, -0.2) is 48.2 Å². The minimum Gasteiger partial charge on any atom is -0.337 e. The molecule has 1 aliphatic rings. The molecule has 0 bridgehead atoms. The van der Waals surface area contributed by atoms with Crippen molar-refractivity contribution in [2.45, 2.75) is 38.8 Å². The molecule has 0 N–H and O–H groups in total. The summed E-state index contributed by atoms with van der Waals surface area (Å²) in [7, 11) is 0. The molecule has 0 aromatic carbocycles. The summed E-state index contributed by atoms with van der Waals surface area (Å²) in [5.41, 5.74) is 1.67. The maximum atomic E-state index is 12.8. The first kappa shape index (κ1) is 17.5. The number of hydrogen-bond acceptors (Lipinski definition) is 4. The van der Waals surface area contributed by atoms with Crippen molar-refractivity contribution in [3.8, 4) is 0 Å². The van der Waals surface area contributed by atoms with Gasteiger partial charge in [-0.1, -0.05) is 6.07 Å². The molecule has 7 heteroatoms. The molecule has 140 valence electrons. The fourth-order valence-electron chi connectivity index (χ4n) is 3.69. The zero-order valence-electron chi connectivity index (χ0n) is 15.5. The molecule has 1 amide bonds. The third-order valence-electron chi connectivity index (χ3n) is 5.08. The Morgan fingerprint density at radius 2 is 2.19 bits per heavy atom. The lowest BCUT2D eigenvalue weighted by Gasteiger charge is -2.32. The second-order valence-corrected chi connectivity index (χ2v) is 6.92. The fourth-order valence-corrected chi connectivity index (χ4v) is 3.69. The van der Waals surface area contributed by atoms with Crippen LogP contribution in [0.15, 0.2) is 49.2 Å². The standard InChI is InChI=1S/C20H24N6O/c1-2-26-11-7-18(23-26)20(27)25-10-4-6-17(15-25)19-22-9-12-24(19)14-16-5-3-8-21-13-16/h3,5,7-9,11-13,17H,2,4,6,10,14-15H2,1H3. The lowest BCUT2D eigenvalue weighted by molar-refractivity contribution is 0.0696. The first-order chi connectivity index (χ1) is 13.2. The number of hydrogen-bond donors (Lipinski definition) is 0. The Balaban J connectivity index is 1.49. The van der Waals surface area contributed by atoms with Crippen molar-refractivity contribution in [3.05, 3.63) is 66.3 Å². The van der Waals surface area contributed by atoms with Crippen LogP contribution in [0.3, 0.4) is 0 Å². The van der Waals surface area contributed by atoms with Crippen molar-refractivity contribution in [2.24, 2.45) is 0 Å². The molecule has 7 nitrogen and oxygen atoms in total. The van der Waals surface area contributed by atoms with Crippen molar-refractivity contribution in [3.63, 3.8) is 0 Å². The summed E-state index contributed by atoms with van der Waals surface area (Å²) in [6.07, 6.45) is 11.4. The van der Waals surface area contributed by atoms with E-state index in [1.807, 2.05) is 42.7 Å². The zero-order valence-corrected chi connectivity index (χ0v) is 15.5. The van der Waals surface area contributed by atoms with E-state index in [0.29, 0.717) is 12.2 Å². The van der Waals surface area contributed by atoms with Gasteiger partial charge in [0.15, 0.2) is 0 Å². The monoisotopic (exact) mass is 364 g/mol. The number of aryl methyl sites for hydroxylation is 1. The third-order valence-corrected chi connectivity index (χ3v) is 5.08. The normalized spacial score (nSPS) is 17.2. The number of likely N-dealkylation sites (tertiary alicyclic amines) is 1. The van der Waals surface area contributed by atoms with Gasteiger partial charge < -0.3 is 9.47 Å². The Labute approximate surface area is 158 Å². The number of aromatic nitrogens is 5. The van der Waals surface area contributed by atoms with Gasteiger partial charge in [-0.2, -0.15) is 5.10 Å². The Morgan fingerprint density at radius 1 is 1.26 bits per heavy atom. The zero-order chi connectivity index (χ0) is 18.6. The van der Waals surface area contributed by atoms with Gasteiger partial charge in [-0.25, -0.2) is 4.98 Å². The average Bonchev–Trinajstić information content (AvgIpc) is 3.38. The first-order valence-corrected chi connectivity index (χ1v) is 9.47. The van der Waals surface area contributed by atoms with Crippen molar-refractivity contribution in [1.82, 2.24) is 29.2 Å². The number of pyridine rings is 1. The average molecular weight is 364 g/mol. The van der Waals surface area contributed by atoms with Gasteiger partial charge >= 0.3 is 0 Å². The van der Waals surface area contributed by atoms with Crippen LogP contribution in [0.5, 0.6) is 0 Å². The summed E-state index contributed by atoms with van der Waals surface area (Å²) in [6.45, 7) is 4.98. The summed E-state index contributed by atoms with van der Waals surface area (Å²) in [5.74, 6) is 1.29. The molecule has 1 fully saturated rings. The van der Waals surface area contributed by atoms with Crippen molar-refractivity contribution >= 4 is 5.91 Å². The highest BCUT2D eigenvalue weighted by atomic mass is 16.2. The maximum Gasteiger partial charge on any atom is 0.274 e. The molecule has 27 heavy (non-hydrogen) atoms. The smallest absolute Gasteiger partial charge is 0.274 e. The maximum absolute atomic E-state index is 12.8. The second-order valence-electron chi connectivity index (χ2n) is 6.92. The SMILES string of the molecule is CCn1ccc(C(=O)N2CCCC(c3nccn3Cc3cccnc3)C2)n1. The van der Waals surface area contributed by atoms with Crippen LogP contribution >= 0.6 is 0 Å². The summed E-state index contributed by atoms with van der Waals surface area (Å²) >= 11 is 0. The van der Waals surface area contributed by atoms with Gasteiger partial charge in [-0.15, -0.1) is 0 Å². The number of piperidine rings is 1. The van der Waals surface area contributed by atoms with E-state index in [1.165, 1.54) is 0 Å². The molecule has 0 aliphatic carbocycles. The molecule has 1 saturated heterocycles. The number of nitrogens with zero attached hydrogens (tertiary/aromatic N) is 6. The van der Waals surface area contributed by atoms with Crippen molar-refractivity contribution < 1.29 is 4.79 Å². The van der Waals surface area contributed by atoms with Gasteiger partial charge in [-0.05, 0) is 37.5 Å². The second kappa shape index (κ2) is 7.73. The molecule has 0 spiro atoms. The summed E-state index contributed by atoms with van der Waals surface area (Å²) in [5, 5.41) is 4.36. The molecule has 0 saturated carbocycles. The third kappa shape index (κ3) is 3.77. The van der Waals surface area contributed by atoms with Crippen LogP contribution in [0.1, 0.15) is 47.6 Å². The Hall–Kier alpha value is -2.96. The van der Waals surface area contributed by atoms with Crippen LogP contribution in [0, 0.1) is 0 Å². The van der Waals surface area contributed by atoms with Crippen LogP contribution in [0.4, 0.5) is 0 Å². The van der Waals surface area contributed by atoms with E-state index < -0.39 is 0 Å². The van der Waals surface area contributed by atoms with Gasteiger partial charge in [0, 0.05) is 56.5 Å². The largest absolute Gasteiger partial charge is 0.337 e. The molecule has 4 rings (SSSR count). The van der Waals surface area contributed by atoms with E-state index in [2.05, 4.69) is 25.7 Å². The minimum absolute atomic E-state index is 0.0114. The van der Waals surface area contributed by atoms with Crippen LogP contribution in [-0.2, 0) is 13.1 Å². The van der Waals surface area contributed by atoms with Gasteiger partial charge in [0.25, 0.3) is 5.91 Å². The number of carbonyl (C=O) groups excluding carboxylic acids is 1. The topological polar surface area (TPSA) is 68.8 Å². The van der Waals surface area contributed by atoms with Crippen molar-refractivity contribution in [1.29, 1.82) is 0 Å². The van der Waals surface area contributed by atoms with Gasteiger partial charge in [0.2, 0.25) is 0 Å². The highest BCUT2D eigenvalue weighted by Gasteiger charge is 2.28. The van der Waals surface area contributed by atoms with Crippen molar-refractivity contribution in [2.75, 3.05) is 13.1 Å². The fraction of sp³-hybridized carbons (Fsp3) is 0.400. The highest BCUT2D eigenvalue weighted by Crippen LogP contribution is 2.27. The molecule has 1 unspecified atom stereocenters. The van der Waals surface area contributed by atoms with Gasteiger partial charge in [0.1, 0.15) is 11.5 Å². The highest BCUT2D eigenvalue weighted by molar-refractivity contribution is 5.92. The first-order valence-electron chi connectivity index (χ1n) is 9.47. The number of imidazole rings is 1. The quantitative estimate of drug-likeness (QED) is 0.698. The summed E-state index contributed by atoms with van der Waals surface area (Å²) < 4.78 is 3.96. The lowest BCUT2D eigenvalue weighted by Crippen LogP contribution is -2.40. The summed E-state index contributed by atoms with van der Waals surface area (Å²) in [4.78, 5) is 23.5. The minimum atomic E-state index is 0.0114. The van der Waals surface area contributed by atoms with Gasteiger partial charge in [-0.3, -0.25) is 14.5 Å². The van der Waals surface area contributed by atoms with E-state index in [-0.39, 0.29) is 11.8 Å². The lowest BCUT2D eigenvalue weighted by atomic mass is 9.96. The number of rotatable bonds is 5. The molecular weight excluding hydrogens is 340 g/mol. The van der Waals surface area contributed by atoms with E-state index in [0.717, 1.165) is 43.9 Å². The van der Waals surface area contributed by atoms with Gasteiger partial charge in [0.05, 0.1) is 6.54 Å². The Morgan fingerprint density at radius 3 is 2.96 bits per heavy atom. The van der Waals surface area contributed by atoms with Crippen LogP contribution in [0.2, 0.25) is 0 Å². The van der Waals surface area contributed by atoms with Crippen LogP contribution < -0.4 is 0 Å². The molecular formula is C20H24N6O. The van der Waals surface area contributed by atoms with E-state index in [1.54, 1.807) is 16.9 Å². The predicted octanol–water partition coefficient (Wildman–Crippen LogP) is 2.56. The molecule has 0 radical (unpaired) electrons. The van der Waals surface area contributed by atoms with Crippen LogP contribution in [0.25, 0.3) is 0 Å². The Kier molecular flexibility index (Phi) is 5.00. The van der Waals surface area contributed by atoms with E-state index in [9.17, 15) is 4.79 Å². The molecule has 3 aromatic rings. The molecule has 1 atom stereocenters. The number of amides is 1. The molecule has 4 heterocycles. The van der Waals surface area contributed by atoms with E-state index in [4.69, 9.17) is 0 Å². The van der Waals surface area contributed by atoms with E-state index >= 15 is 0 Å². The molecule has 3 aromatic heterocycles. The Bertz CT molecular complexity index is 900. The predicted molar refractivity (Wildman–Crippen MR) is 101 cm³/mol.